The predicted octanol–water partition coefficient (Wildman–Crippen LogP) is 0.121. The van der Waals surface area contributed by atoms with Crippen molar-refractivity contribution in [1.82, 2.24) is 15.1 Å². The Balaban J connectivity index is 1.50. The van der Waals surface area contributed by atoms with Crippen LogP contribution in [-0.4, -0.2) is 65.0 Å². The van der Waals surface area contributed by atoms with Crippen LogP contribution in [0.25, 0.3) is 0 Å². The Kier molecular flexibility index (Phi) is 4.46. The number of fused-ring (bicyclic) bond motifs is 1. The number of hydrogen-bond donors (Lipinski definition) is 2. The number of nitrogens with one attached hydrogen (secondary N) is 2. The van der Waals surface area contributed by atoms with Gasteiger partial charge in [-0.3, -0.25) is 39.1 Å². The first-order valence-corrected chi connectivity index (χ1v) is 9.21. The van der Waals surface area contributed by atoms with Crippen LogP contribution in [-0.2, 0) is 14.4 Å². The Morgan fingerprint density at radius 1 is 1.14 bits per heavy atom. The lowest BCUT2D eigenvalue weighted by Crippen LogP contribution is -2.54. The van der Waals surface area contributed by atoms with Gasteiger partial charge < -0.3 is 5.32 Å². The fourth-order valence-corrected chi connectivity index (χ4v) is 3.62. The summed E-state index contributed by atoms with van der Waals surface area (Å²) in [4.78, 5) is 63.9. The van der Waals surface area contributed by atoms with E-state index in [1.54, 1.807) is 6.07 Å². The molecule has 2 N–H and O–H groups in total. The van der Waals surface area contributed by atoms with Crippen molar-refractivity contribution < 1.29 is 24.0 Å². The van der Waals surface area contributed by atoms with Gasteiger partial charge in [-0.05, 0) is 44.5 Å². The maximum Gasteiger partial charge on any atom is 0.262 e. The summed E-state index contributed by atoms with van der Waals surface area (Å²) < 4.78 is 0. The molecule has 1 atom stereocenters. The number of imide groups is 2. The second kappa shape index (κ2) is 6.83. The lowest BCUT2D eigenvalue weighted by Gasteiger charge is -2.27. The van der Waals surface area contributed by atoms with Crippen LogP contribution in [0.4, 0.5) is 5.69 Å². The first kappa shape index (κ1) is 18.3. The number of hydrogen-bond acceptors (Lipinski definition) is 6. The minimum atomic E-state index is -1.00. The summed E-state index contributed by atoms with van der Waals surface area (Å²) in [5.74, 6) is -2.43. The standard InChI is InChI=1S/C19H20N4O5/c1-22(11-3-4-11)9-16(25)20-10-2-5-12-13(8-10)19(28)23(18(12)27)14-6-7-15(24)21-17(14)26/h2,5,8,11,14H,3-4,6-7,9H2,1H3,(H,20,25)(H,21,24,26). The van der Waals surface area contributed by atoms with Crippen LogP contribution < -0.4 is 10.6 Å². The number of benzene rings is 1. The van der Waals surface area contributed by atoms with Gasteiger partial charge in [0.15, 0.2) is 0 Å². The molecule has 9 heteroatoms. The highest BCUT2D eigenvalue weighted by molar-refractivity contribution is 6.23. The number of nitrogens with zero attached hydrogens (tertiary/aromatic N) is 2. The Labute approximate surface area is 161 Å². The van der Waals surface area contributed by atoms with E-state index >= 15 is 0 Å². The van der Waals surface area contributed by atoms with Crippen LogP contribution in [0.15, 0.2) is 18.2 Å². The largest absolute Gasteiger partial charge is 0.325 e. The fourth-order valence-electron chi connectivity index (χ4n) is 3.62. The number of anilines is 1. The van der Waals surface area contributed by atoms with Crippen LogP contribution in [0.1, 0.15) is 46.4 Å². The normalized spacial score (nSPS) is 21.8. The third-order valence-electron chi connectivity index (χ3n) is 5.29. The number of rotatable bonds is 5. The van der Waals surface area contributed by atoms with E-state index in [1.165, 1.54) is 12.1 Å². The molecule has 0 spiro atoms. The lowest BCUT2D eigenvalue weighted by atomic mass is 10.0. The summed E-state index contributed by atoms with van der Waals surface area (Å²) in [6.45, 7) is 0.247. The molecule has 2 heterocycles. The number of amides is 5. The molecular formula is C19H20N4O5. The van der Waals surface area contributed by atoms with E-state index in [2.05, 4.69) is 10.6 Å². The van der Waals surface area contributed by atoms with Gasteiger partial charge in [-0.1, -0.05) is 0 Å². The Bertz CT molecular complexity index is 908. The predicted molar refractivity (Wildman–Crippen MR) is 97.4 cm³/mol. The van der Waals surface area contributed by atoms with Crippen molar-refractivity contribution in [3.05, 3.63) is 29.3 Å². The van der Waals surface area contributed by atoms with Gasteiger partial charge >= 0.3 is 0 Å². The molecule has 0 bridgehead atoms. The monoisotopic (exact) mass is 384 g/mol. The third kappa shape index (κ3) is 3.29. The van der Waals surface area contributed by atoms with Gasteiger partial charge in [0.1, 0.15) is 6.04 Å². The van der Waals surface area contributed by atoms with E-state index in [-0.39, 0.29) is 36.4 Å². The number of carbonyl (C=O) groups is 5. The van der Waals surface area contributed by atoms with Gasteiger partial charge in [0.25, 0.3) is 11.8 Å². The van der Waals surface area contributed by atoms with Crippen LogP contribution in [0, 0.1) is 0 Å². The molecule has 1 aliphatic carbocycles. The summed E-state index contributed by atoms with van der Waals surface area (Å²) in [5, 5.41) is 4.90. The molecule has 5 amide bonds. The quantitative estimate of drug-likeness (QED) is 0.697. The van der Waals surface area contributed by atoms with Crippen molar-refractivity contribution in [2.24, 2.45) is 0 Å². The van der Waals surface area contributed by atoms with Gasteiger partial charge in [0, 0.05) is 18.2 Å². The average Bonchev–Trinajstić information content (AvgIpc) is 3.45. The zero-order chi connectivity index (χ0) is 20.0. The van der Waals surface area contributed by atoms with E-state index in [9.17, 15) is 24.0 Å². The van der Waals surface area contributed by atoms with Crippen molar-refractivity contribution in [2.45, 2.75) is 37.8 Å². The number of piperidine rings is 1. The zero-order valence-corrected chi connectivity index (χ0v) is 15.4. The van der Waals surface area contributed by atoms with Crippen LogP contribution >= 0.6 is 0 Å². The topological polar surface area (TPSA) is 116 Å². The highest BCUT2D eigenvalue weighted by atomic mass is 16.2. The fraction of sp³-hybridized carbons (Fsp3) is 0.421. The first-order valence-electron chi connectivity index (χ1n) is 9.21. The molecule has 9 nitrogen and oxygen atoms in total. The van der Waals surface area contributed by atoms with Gasteiger partial charge in [-0.25, -0.2) is 0 Å². The van der Waals surface area contributed by atoms with E-state index < -0.39 is 29.7 Å². The van der Waals surface area contributed by atoms with Crippen molar-refractivity contribution in [3.8, 4) is 0 Å². The molecule has 2 fully saturated rings. The Morgan fingerprint density at radius 2 is 1.86 bits per heavy atom. The summed E-state index contributed by atoms with van der Waals surface area (Å²) in [7, 11) is 1.89. The van der Waals surface area contributed by atoms with Gasteiger partial charge in [0.2, 0.25) is 17.7 Å². The molecule has 1 aromatic carbocycles. The van der Waals surface area contributed by atoms with E-state index in [0.717, 1.165) is 17.7 Å². The molecule has 1 saturated carbocycles. The van der Waals surface area contributed by atoms with Gasteiger partial charge in [0.05, 0.1) is 17.7 Å². The molecule has 1 aromatic rings. The van der Waals surface area contributed by atoms with Crippen LogP contribution in [0.2, 0.25) is 0 Å². The Hall–Kier alpha value is -3.07. The smallest absolute Gasteiger partial charge is 0.262 e. The molecule has 28 heavy (non-hydrogen) atoms. The third-order valence-corrected chi connectivity index (χ3v) is 5.29. The summed E-state index contributed by atoms with van der Waals surface area (Å²) in [6, 6.07) is 3.94. The number of carbonyl (C=O) groups excluding carboxylic acids is 5. The minimum Gasteiger partial charge on any atom is -0.325 e. The highest BCUT2D eigenvalue weighted by Crippen LogP contribution is 2.29. The summed E-state index contributed by atoms with van der Waals surface area (Å²) in [6.07, 6.45) is 2.36. The Morgan fingerprint density at radius 3 is 2.54 bits per heavy atom. The first-order chi connectivity index (χ1) is 13.3. The molecule has 1 saturated heterocycles. The zero-order valence-electron chi connectivity index (χ0n) is 15.4. The maximum absolute atomic E-state index is 12.8. The second-order valence-electron chi connectivity index (χ2n) is 7.40. The SMILES string of the molecule is CN(CC(=O)Nc1ccc2c(c1)C(=O)N(C1CCC(=O)NC1=O)C2=O)C1CC1. The average molecular weight is 384 g/mol. The van der Waals surface area contributed by atoms with Crippen molar-refractivity contribution in [2.75, 3.05) is 18.9 Å². The molecule has 1 unspecified atom stereocenters. The molecular weight excluding hydrogens is 364 g/mol. The lowest BCUT2D eigenvalue weighted by molar-refractivity contribution is -0.136. The maximum atomic E-state index is 12.8. The van der Waals surface area contributed by atoms with Crippen LogP contribution in [0.3, 0.4) is 0 Å². The van der Waals surface area contributed by atoms with Crippen molar-refractivity contribution in [3.63, 3.8) is 0 Å². The van der Waals surface area contributed by atoms with E-state index in [0.29, 0.717) is 11.7 Å². The second-order valence-corrected chi connectivity index (χ2v) is 7.40. The molecule has 2 aliphatic heterocycles. The molecule has 0 aromatic heterocycles. The van der Waals surface area contributed by atoms with E-state index in [1.807, 2.05) is 11.9 Å². The van der Waals surface area contributed by atoms with Crippen LogP contribution in [0.5, 0.6) is 0 Å². The summed E-state index contributed by atoms with van der Waals surface area (Å²) >= 11 is 0. The molecule has 146 valence electrons. The molecule has 0 radical (unpaired) electrons. The molecule has 4 rings (SSSR count). The van der Waals surface area contributed by atoms with Gasteiger partial charge in [-0.2, -0.15) is 0 Å². The highest BCUT2D eigenvalue weighted by Gasteiger charge is 2.44. The van der Waals surface area contributed by atoms with Crippen molar-refractivity contribution in [1.29, 1.82) is 0 Å². The van der Waals surface area contributed by atoms with Gasteiger partial charge in [-0.15, -0.1) is 0 Å². The van der Waals surface area contributed by atoms with Crippen molar-refractivity contribution >= 4 is 35.2 Å². The minimum absolute atomic E-state index is 0.0691. The summed E-state index contributed by atoms with van der Waals surface area (Å²) in [5.41, 5.74) is 0.741. The van der Waals surface area contributed by atoms with E-state index in [4.69, 9.17) is 0 Å². The molecule has 3 aliphatic rings. The number of likely N-dealkylation sites (N-methyl/N-ethyl adjacent to an activating group) is 1.